The molecule has 4 aromatic carbocycles. The molecule has 0 aliphatic carbocycles. The lowest BCUT2D eigenvalue weighted by atomic mass is 9.91. The SMILES string of the molecule is COc1cc(-c2c(OC)c(OC)cc3c2ccc2c4ccc(CO)c(CO)c4c[n+](C)c32)cc(CO)c1OC. The summed E-state index contributed by atoms with van der Waals surface area (Å²) in [4.78, 5) is 0. The highest BCUT2D eigenvalue weighted by molar-refractivity contribution is 6.17. The molecule has 0 aliphatic heterocycles. The molecule has 0 saturated heterocycles. The third kappa shape index (κ3) is 4.08. The second kappa shape index (κ2) is 10.6. The van der Waals surface area contributed by atoms with E-state index in [-0.39, 0.29) is 19.8 Å². The first-order valence-electron chi connectivity index (χ1n) is 12.5. The molecule has 8 heteroatoms. The van der Waals surface area contributed by atoms with Crippen LogP contribution in [-0.2, 0) is 26.9 Å². The number of aliphatic hydroxyl groups excluding tert-OH is 3. The second-order valence-corrected chi connectivity index (χ2v) is 9.29. The van der Waals surface area contributed by atoms with Gasteiger partial charge < -0.3 is 34.3 Å². The van der Waals surface area contributed by atoms with Gasteiger partial charge in [0.25, 0.3) is 0 Å². The quantitative estimate of drug-likeness (QED) is 0.205. The number of aliphatic hydroxyl groups is 3. The van der Waals surface area contributed by atoms with Crippen molar-refractivity contribution in [2.24, 2.45) is 7.05 Å². The summed E-state index contributed by atoms with van der Waals surface area (Å²) in [7, 11) is 8.27. The number of nitrogens with zero attached hydrogens (tertiary/aromatic N) is 1. The molecule has 0 amide bonds. The average molecular weight is 531 g/mol. The number of ether oxygens (including phenoxy) is 4. The van der Waals surface area contributed by atoms with E-state index in [0.29, 0.717) is 39.7 Å². The third-order valence-electron chi connectivity index (χ3n) is 7.40. The Morgan fingerprint density at radius 2 is 1.26 bits per heavy atom. The van der Waals surface area contributed by atoms with Crippen molar-refractivity contribution in [3.05, 3.63) is 65.4 Å². The number of aryl methyl sites for hydroxylation is 1. The van der Waals surface area contributed by atoms with E-state index in [2.05, 4.69) is 6.07 Å². The number of hydrogen-bond donors (Lipinski definition) is 3. The minimum Gasteiger partial charge on any atom is -0.493 e. The topological polar surface area (TPSA) is 101 Å². The molecule has 0 aliphatic rings. The van der Waals surface area contributed by atoms with E-state index in [1.165, 1.54) is 0 Å². The smallest absolute Gasteiger partial charge is 0.220 e. The molecule has 0 unspecified atom stereocenters. The van der Waals surface area contributed by atoms with Crippen molar-refractivity contribution in [1.29, 1.82) is 0 Å². The Morgan fingerprint density at radius 1 is 0.615 bits per heavy atom. The first-order chi connectivity index (χ1) is 19.0. The van der Waals surface area contributed by atoms with Gasteiger partial charge in [0.2, 0.25) is 5.52 Å². The van der Waals surface area contributed by atoms with Gasteiger partial charge >= 0.3 is 0 Å². The Labute approximate surface area is 226 Å². The van der Waals surface area contributed by atoms with Crippen molar-refractivity contribution < 1.29 is 38.8 Å². The Morgan fingerprint density at radius 3 is 1.87 bits per heavy atom. The van der Waals surface area contributed by atoms with Crippen molar-refractivity contribution in [3.63, 3.8) is 0 Å². The summed E-state index contributed by atoms with van der Waals surface area (Å²) >= 11 is 0. The minimum atomic E-state index is -0.232. The minimum absolute atomic E-state index is 0.146. The highest BCUT2D eigenvalue weighted by Crippen LogP contribution is 2.48. The maximum Gasteiger partial charge on any atom is 0.220 e. The molecule has 0 spiro atoms. The van der Waals surface area contributed by atoms with E-state index < -0.39 is 0 Å². The molecule has 3 N–H and O–H groups in total. The van der Waals surface area contributed by atoms with Crippen molar-refractivity contribution in [1.82, 2.24) is 0 Å². The molecule has 202 valence electrons. The maximum atomic E-state index is 10.1. The Kier molecular flexibility index (Phi) is 7.18. The monoisotopic (exact) mass is 530 g/mol. The zero-order valence-electron chi connectivity index (χ0n) is 22.7. The van der Waals surface area contributed by atoms with Crippen LogP contribution in [-0.4, -0.2) is 43.8 Å². The number of benzene rings is 4. The first-order valence-corrected chi connectivity index (χ1v) is 12.5. The number of rotatable bonds is 8. The van der Waals surface area contributed by atoms with Crippen molar-refractivity contribution >= 4 is 32.4 Å². The molecule has 1 heterocycles. The summed E-state index contributed by atoms with van der Waals surface area (Å²) < 4.78 is 24.8. The van der Waals surface area contributed by atoms with Crippen molar-refractivity contribution in [3.8, 4) is 34.1 Å². The van der Waals surface area contributed by atoms with Crippen LogP contribution in [0.25, 0.3) is 43.6 Å². The summed E-state index contributed by atoms with van der Waals surface area (Å²) in [5.74, 6) is 2.07. The van der Waals surface area contributed by atoms with Gasteiger partial charge in [-0.2, -0.15) is 4.57 Å². The fraction of sp³-hybridized carbons (Fsp3) is 0.258. The predicted octanol–water partition coefficient (Wildman–Crippen LogP) is 4.15. The summed E-state index contributed by atoms with van der Waals surface area (Å²) in [5.41, 5.74) is 4.52. The molecule has 0 saturated carbocycles. The van der Waals surface area contributed by atoms with Crippen LogP contribution in [0.3, 0.4) is 0 Å². The normalized spacial score (nSPS) is 11.4. The lowest BCUT2D eigenvalue weighted by molar-refractivity contribution is -0.642. The van der Waals surface area contributed by atoms with Gasteiger partial charge in [-0.05, 0) is 41.0 Å². The van der Waals surface area contributed by atoms with Crippen LogP contribution in [0.15, 0.2) is 48.7 Å². The van der Waals surface area contributed by atoms with Gasteiger partial charge in [0.15, 0.2) is 29.2 Å². The van der Waals surface area contributed by atoms with Crippen LogP contribution in [0.1, 0.15) is 16.7 Å². The van der Waals surface area contributed by atoms with Gasteiger partial charge in [0.1, 0.15) is 7.05 Å². The molecule has 1 aromatic heterocycles. The maximum absolute atomic E-state index is 10.1. The van der Waals surface area contributed by atoms with Gasteiger partial charge in [0, 0.05) is 21.9 Å². The standard InChI is InChI=1S/C31H32NO7/c1-32-13-24-20(7-6-17(14-33)25(24)16-35)22-9-8-21-23(29(22)32)12-27(37-3)31(39-5)28(21)18-10-19(15-34)30(38-4)26(11-18)36-2/h6-13,33-35H,14-16H2,1-5H3/q+1. The van der Waals surface area contributed by atoms with Crippen LogP contribution in [0.2, 0.25) is 0 Å². The molecule has 0 radical (unpaired) electrons. The molecule has 0 atom stereocenters. The third-order valence-corrected chi connectivity index (χ3v) is 7.40. The van der Waals surface area contributed by atoms with E-state index in [1.807, 2.05) is 54.2 Å². The van der Waals surface area contributed by atoms with Crippen molar-refractivity contribution in [2.75, 3.05) is 28.4 Å². The van der Waals surface area contributed by atoms with Gasteiger partial charge in [0.05, 0.1) is 64.4 Å². The van der Waals surface area contributed by atoms with Crippen LogP contribution < -0.4 is 23.5 Å². The van der Waals surface area contributed by atoms with Gasteiger partial charge in [-0.1, -0.05) is 18.2 Å². The van der Waals surface area contributed by atoms with E-state index in [1.54, 1.807) is 28.4 Å². The number of hydrogen-bond acceptors (Lipinski definition) is 7. The summed E-state index contributed by atoms with van der Waals surface area (Å²) in [6.07, 6.45) is 1.98. The molecule has 39 heavy (non-hydrogen) atoms. The van der Waals surface area contributed by atoms with Gasteiger partial charge in [-0.15, -0.1) is 0 Å². The number of methoxy groups -OCH3 is 4. The van der Waals surface area contributed by atoms with E-state index in [4.69, 9.17) is 18.9 Å². The van der Waals surface area contributed by atoms with Crippen LogP contribution >= 0.6 is 0 Å². The largest absolute Gasteiger partial charge is 0.493 e. The van der Waals surface area contributed by atoms with Crippen LogP contribution in [0.5, 0.6) is 23.0 Å². The van der Waals surface area contributed by atoms with Gasteiger partial charge in [-0.3, -0.25) is 0 Å². The molecular weight excluding hydrogens is 498 g/mol. The number of fused-ring (bicyclic) bond motifs is 5. The van der Waals surface area contributed by atoms with E-state index >= 15 is 0 Å². The summed E-state index contributed by atoms with van der Waals surface area (Å²) in [6, 6.07) is 13.6. The Bertz CT molecular complexity index is 1700. The number of aromatic nitrogens is 1. The first kappa shape index (κ1) is 26.5. The Hall–Kier alpha value is -4.11. The lowest BCUT2D eigenvalue weighted by Crippen LogP contribution is -2.29. The fourth-order valence-corrected chi connectivity index (χ4v) is 5.64. The second-order valence-electron chi connectivity index (χ2n) is 9.29. The van der Waals surface area contributed by atoms with Crippen LogP contribution in [0.4, 0.5) is 0 Å². The lowest BCUT2D eigenvalue weighted by Gasteiger charge is -2.19. The van der Waals surface area contributed by atoms with Gasteiger partial charge in [-0.25, -0.2) is 0 Å². The summed E-state index contributed by atoms with van der Waals surface area (Å²) in [6.45, 7) is -0.550. The van der Waals surface area contributed by atoms with Crippen LogP contribution in [0, 0.1) is 0 Å². The average Bonchev–Trinajstić information content (AvgIpc) is 2.97. The zero-order chi connectivity index (χ0) is 27.8. The van der Waals surface area contributed by atoms with E-state index in [9.17, 15) is 15.3 Å². The fourth-order valence-electron chi connectivity index (χ4n) is 5.64. The molecule has 0 fully saturated rings. The molecular formula is C31H32NO7+. The highest BCUT2D eigenvalue weighted by Gasteiger charge is 2.25. The van der Waals surface area contributed by atoms with Crippen molar-refractivity contribution in [2.45, 2.75) is 19.8 Å². The Balaban J connectivity index is 1.95. The molecule has 0 bridgehead atoms. The molecule has 5 aromatic rings. The summed E-state index contributed by atoms with van der Waals surface area (Å²) in [5, 5.41) is 34.7. The number of pyridine rings is 1. The zero-order valence-corrected chi connectivity index (χ0v) is 22.7. The molecule has 5 rings (SSSR count). The highest BCUT2D eigenvalue weighted by atomic mass is 16.5. The predicted molar refractivity (Wildman–Crippen MR) is 150 cm³/mol. The van der Waals surface area contributed by atoms with E-state index in [0.717, 1.165) is 43.6 Å². The molecule has 8 nitrogen and oxygen atoms in total.